The molecule has 1 amide bonds. The minimum atomic E-state index is -4.52. The summed E-state index contributed by atoms with van der Waals surface area (Å²) in [4.78, 5) is 28.2. The maximum atomic E-state index is 13.3. The van der Waals surface area contributed by atoms with E-state index in [1.165, 1.54) is 59.8 Å². The number of carbonyl (C=O) groups excluding carboxylic acids is 1. The molecule has 1 N–H and O–H groups in total. The molecule has 28 heavy (non-hydrogen) atoms. The van der Waals surface area contributed by atoms with Crippen LogP contribution in [0.4, 0.5) is 19.0 Å². The summed E-state index contributed by atoms with van der Waals surface area (Å²) in [6, 6.07) is 8.04. The highest BCUT2D eigenvalue weighted by molar-refractivity contribution is 6.03. The zero-order chi connectivity index (χ0) is 19.7. The van der Waals surface area contributed by atoms with Crippen molar-refractivity contribution in [3.8, 4) is 11.3 Å². The van der Waals surface area contributed by atoms with Crippen LogP contribution < -0.4 is 5.32 Å². The van der Waals surface area contributed by atoms with Crippen molar-refractivity contribution in [3.63, 3.8) is 0 Å². The molecule has 4 rings (SSSR count). The van der Waals surface area contributed by atoms with Crippen LogP contribution >= 0.6 is 0 Å². The largest absolute Gasteiger partial charge is 0.417 e. The van der Waals surface area contributed by atoms with Crippen molar-refractivity contribution < 1.29 is 18.0 Å². The Kier molecular flexibility index (Phi) is 4.22. The number of amides is 1. The number of carbonyl (C=O) groups is 1. The Morgan fingerprint density at radius 1 is 1.07 bits per heavy atom. The predicted octanol–water partition coefficient (Wildman–Crippen LogP) is 3.46. The summed E-state index contributed by atoms with van der Waals surface area (Å²) in [5, 5.41) is 2.56. The number of anilines is 1. The van der Waals surface area contributed by atoms with Crippen LogP contribution in [0, 0.1) is 0 Å². The number of nitrogens with zero attached hydrogens (tertiary/aromatic N) is 5. The molecule has 0 saturated heterocycles. The van der Waals surface area contributed by atoms with Gasteiger partial charge in [-0.25, -0.2) is 19.9 Å². The summed E-state index contributed by atoms with van der Waals surface area (Å²) in [5.41, 5.74) is -0.422. The van der Waals surface area contributed by atoms with E-state index in [-0.39, 0.29) is 28.4 Å². The number of hydrogen-bond donors (Lipinski definition) is 1. The van der Waals surface area contributed by atoms with Crippen molar-refractivity contribution in [3.05, 3.63) is 72.7 Å². The number of nitrogens with one attached hydrogen (secondary N) is 1. The fourth-order valence-electron chi connectivity index (χ4n) is 2.67. The number of aromatic nitrogens is 5. The van der Waals surface area contributed by atoms with Gasteiger partial charge in [-0.2, -0.15) is 13.2 Å². The number of hydrogen-bond acceptors (Lipinski definition) is 5. The molecule has 7 nitrogen and oxygen atoms in total. The molecule has 0 saturated carbocycles. The summed E-state index contributed by atoms with van der Waals surface area (Å²) < 4.78 is 41.4. The lowest BCUT2D eigenvalue weighted by atomic mass is 10.0. The maximum absolute atomic E-state index is 13.3. The van der Waals surface area contributed by atoms with Gasteiger partial charge in [-0.3, -0.25) is 9.20 Å². The minimum absolute atomic E-state index is 0.0632. The summed E-state index contributed by atoms with van der Waals surface area (Å²) in [6.45, 7) is 0. The quantitative estimate of drug-likeness (QED) is 0.585. The van der Waals surface area contributed by atoms with Crippen molar-refractivity contribution in [2.45, 2.75) is 6.18 Å². The molecule has 3 aromatic heterocycles. The smallest absolute Gasteiger partial charge is 0.302 e. The van der Waals surface area contributed by atoms with Crippen molar-refractivity contribution in [1.82, 2.24) is 24.3 Å². The molecule has 1 aromatic carbocycles. The van der Waals surface area contributed by atoms with Gasteiger partial charge in [0, 0.05) is 18.0 Å². The number of imidazole rings is 1. The number of rotatable bonds is 3. The van der Waals surface area contributed by atoms with Gasteiger partial charge in [0.05, 0.1) is 11.3 Å². The molecule has 4 aromatic rings. The first-order chi connectivity index (χ1) is 13.4. The normalized spacial score (nSPS) is 11.5. The van der Waals surface area contributed by atoms with Crippen LogP contribution in [-0.4, -0.2) is 30.2 Å². The third-order valence-corrected chi connectivity index (χ3v) is 3.94. The molecule has 0 aliphatic rings. The van der Waals surface area contributed by atoms with Crippen LogP contribution in [0.1, 0.15) is 16.1 Å². The van der Waals surface area contributed by atoms with E-state index in [4.69, 9.17) is 0 Å². The van der Waals surface area contributed by atoms with Crippen molar-refractivity contribution in [1.29, 1.82) is 0 Å². The van der Waals surface area contributed by atoms with Gasteiger partial charge in [0.1, 0.15) is 18.3 Å². The fraction of sp³-hybridized carbons (Fsp3) is 0.0556. The fourth-order valence-corrected chi connectivity index (χ4v) is 2.67. The molecule has 0 atom stereocenters. The number of benzene rings is 1. The van der Waals surface area contributed by atoms with Gasteiger partial charge in [-0.15, -0.1) is 0 Å². The molecular formula is C18H11F3N6O. The van der Waals surface area contributed by atoms with Crippen LogP contribution in [-0.2, 0) is 6.18 Å². The SMILES string of the molecule is O=C(Nc1ncn2ccc(-c3ccccc3C(F)(F)F)nc12)c1ccncn1. The van der Waals surface area contributed by atoms with Crippen LogP contribution in [0.3, 0.4) is 0 Å². The average molecular weight is 384 g/mol. The van der Waals surface area contributed by atoms with Crippen LogP contribution in [0.5, 0.6) is 0 Å². The summed E-state index contributed by atoms with van der Waals surface area (Å²) in [5.74, 6) is -0.430. The molecule has 0 spiro atoms. The molecule has 0 radical (unpaired) electrons. The Bertz CT molecular complexity index is 1160. The van der Waals surface area contributed by atoms with Gasteiger partial charge in [-0.1, -0.05) is 18.2 Å². The summed E-state index contributed by atoms with van der Waals surface area (Å²) in [7, 11) is 0. The first-order valence-electron chi connectivity index (χ1n) is 8.01. The van der Waals surface area contributed by atoms with E-state index in [1.54, 1.807) is 0 Å². The second-order valence-corrected chi connectivity index (χ2v) is 5.73. The zero-order valence-corrected chi connectivity index (χ0v) is 14.1. The molecule has 0 fully saturated rings. The van der Waals surface area contributed by atoms with Gasteiger partial charge >= 0.3 is 6.18 Å². The Labute approximate surface area is 155 Å². The highest BCUT2D eigenvalue weighted by atomic mass is 19.4. The molecule has 10 heteroatoms. The molecule has 0 unspecified atom stereocenters. The average Bonchev–Trinajstić information content (AvgIpc) is 3.10. The third-order valence-electron chi connectivity index (χ3n) is 3.94. The Morgan fingerprint density at radius 2 is 1.89 bits per heavy atom. The molecule has 0 bridgehead atoms. The monoisotopic (exact) mass is 384 g/mol. The molecule has 0 aliphatic heterocycles. The Hall–Kier alpha value is -3.82. The minimum Gasteiger partial charge on any atom is -0.302 e. The van der Waals surface area contributed by atoms with E-state index >= 15 is 0 Å². The van der Waals surface area contributed by atoms with Gasteiger partial charge in [0.15, 0.2) is 11.5 Å². The van der Waals surface area contributed by atoms with E-state index in [9.17, 15) is 18.0 Å². The van der Waals surface area contributed by atoms with E-state index in [0.717, 1.165) is 6.07 Å². The number of alkyl halides is 3. The van der Waals surface area contributed by atoms with Crippen molar-refractivity contribution in [2.24, 2.45) is 0 Å². The van der Waals surface area contributed by atoms with Gasteiger partial charge in [0.2, 0.25) is 0 Å². The van der Waals surface area contributed by atoms with Gasteiger partial charge in [0.25, 0.3) is 5.91 Å². The number of fused-ring (bicyclic) bond motifs is 1. The lowest BCUT2D eigenvalue weighted by molar-refractivity contribution is -0.137. The van der Waals surface area contributed by atoms with E-state index in [1.807, 2.05) is 0 Å². The standard InChI is InChI=1S/C18H11F3N6O/c19-18(20,21)12-4-2-1-3-11(12)13-6-8-27-10-24-15(16(27)25-13)26-17(28)14-5-7-22-9-23-14/h1-10H,(H,26,28). The molecule has 3 heterocycles. The highest BCUT2D eigenvalue weighted by Gasteiger charge is 2.33. The number of halogens is 3. The van der Waals surface area contributed by atoms with Crippen LogP contribution in [0.2, 0.25) is 0 Å². The van der Waals surface area contributed by atoms with Gasteiger partial charge < -0.3 is 5.32 Å². The zero-order valence-electron chi connectivity index (χ0n) is 14.1. The Balaban J connectivity index is 1.75. The van der Waals surface area contributed by atoms with E-state index in [0.29, 0.717) is 0 Å². The van der Waals surface area contributed by atoms with Crippen molar-refractivity contribution >= 4 is 17.4 Å². The predicted molar refractivity (Wildman–Crippen MR) is 93.4 cm³/mol. The highest BCUT2D eigenvalue weighted by Crippen LogP contribution is 2.36. The molecular weight excluding hydrogens is 373 g/mol. The van der Waals surface area contributed by atoms with E-state index in [2.05, 4.69) is 25.3 Å². The van der Waals surface area contributed by atoms with Crippen molar-refractivity contribution in [2.75, 3.05) is 5.32 Å². The lowest BCUT2D eigenvalue weighted by Gasteiger charge is -2.12. The molecule has 140 valence electrons. The third kappa shape index (κ3) is 3.27. The molecule has 0 aliphatic carbocycles. The van der Waals surface area contributed by atoms with Gasteiger partial charge in [-0.05, 0) is 18.2 Å². The second-order valence-electron chi connectivity index (χ2n) is 5.73. The topological polar surface area (TPSA) is 85.1 Å². The van der Waals surface area contributed by atoms with Crippen LogP contribution in [0.15, 0.2) is 61.4 Å². The maximum Gasteiger partial charge on any atom is 0.417 e. The lowest BCUT2D eigenvalue weighted by Crippen LogP contribution is -2.14. The van der Waals surface area contributed by atoms with Crippen LogP contribution in [0.25, 0.3) is 16.9 Å². The van der Waals surface area contributed by atoms with E-state index < -0.39 is 17.6 Å². The summed E-state index contributed by atoms with van der Waals surface area (Å²) in [6.07, 6.45) is 1.05. The summed E-state index contributed by atoms with van der Waals surface area (Å²) >= 11 is 0. The second kappa shape index (κ2) is 6.72. The Morgan fingerprint density at radius 3 is 2.64 bits per heavy atom. The first-order valence-corrected chi connectivity index (χ1v) is 8.01. The first kappa shape index (κ1) is 17.6.